The molecule has 0 atom stereocenters. The molecule has 112 valence electrons. The van der Waals surface area contributed by atoms with Crippen molar-refractivity contribution in [2.24, 2.45) is 0 Å². The van der Waals surface area contributed by atoms with E-state index in [1.807, 2.05) is 6.07 Å². The largest absolute Gasteiger partial charge is 0.481 e. The van der Waals surface area contributed by atoms with Gasteiger partial charge in [0, 0.05) is 23.9 Å². The van der Waals surface area contributed by atoms with E-state index in [0.29, 0.717) is 18.5 Å². The first-order valence-electron chi connectivity index (χ1n) is 7.10. The van der Waals surface area contributed by atoms with E-state index in [9.17, 15) is 9.59 Å². The second-order valence-corrected chi connectivity index (χ2v) is 4.99. The van der Waals surface area contributed by atoms with E-state index >= 15 is 0 Å². The van der Waals surface area contributed by atoms with Crippen LogP contribution in [0.15, 0.2) is 24.4 Å². The zero-order chi connectivity index (χ0) is 15.1. The summed E-state index contributed by atoms with van der Waals surface area (Å²) in [5, 5.41) is 19.1. The number of carbonyl (C=O) groups excluding carboxylic acids is 1. The summed E-state index contributed by atoms with van der Waals surface area (Å²) in [6.07, 6.45) is 5.27. The molecule has 6 nitrogen and oxygen atoms in total. The van der Waals surface area contributed by atoms with Crippen molar-refractivity contribution in [3.8, 4) is 0 Å². The summed E-state index contributed by atoms with van der Waals surface area (Å²) in [5.41, 5.74) is 1.53. The maximum Gasteiger partial charge on any atom is 0.303 e. The fourth-order valence-electron chi connectivity index (χ4n) is 2.14. The molecule has 0 bridgehead atoms. The van der Waals surface area contributed by atoms with E-state index in [-0.39, 0.29) is 12.3 Å². The van der Waals surface area contributed by atoms with Crippen molar-refractivity contribution in [2.75, 3.05) is 6.54 Å². The van der Waals surface area contributed by atoms with Crippen LogP contribution in [0.1, 0.15) is 42.5 Å². The second kappa shape index (κ2) is 7.42. The Morgan fingerprint density at radius 2 is 2.00 bits per heavy atom. The van der Waals surface area contributed by atoms with Crippen molar-refractivity contribution in [2.45, 2.75) is 32.1 Å². The first kappa shape index (κ1) is 15.0. The van der Waals surface area contributed by atoms with Gasteiger partial charge < -0.3 is 10.4 Å². The monoisotopic (exact) mass is 289 g/mol. The molecular weight excluding hydrogens is 270 g/mol. The van der Waals surface area contributed by atoms with Gasteiger partial charge in [-0.15, -0.1) is 0 Å². The van der Waals surface area contributed by atoms with Crippen LogP contribution in [0.5, 0.6) is 0 Å². The average Bonchev–Trinajstić information content (AvgIpc) is 2.93. The molecule has 0 aliphatic rings. The molecule has 0 unspecified atom stereocenters. The van der Waals surface area contributed by atoms with Crippen LogP contribution in [0.25, 0.3) is 10.9 Å². The number of aliphatic carboxylic acids is 1. The Kier molecular flexibility index (Phi) is 5.31. The van der Waals surface area contributed by atoms with Gasteiger partial charge >= 0.3 is 5.97 Å². The number of aromatic nitrogens is 2. The Labute approximate surface area is 122 Å². The lowest BCUT2D eigenvalue weighted by atomic mass is 10.1. The molecule has 0 spiro atoms. The highest BCUT2D eigenvalue weighted by atomic mass is 16.4. The van der Waals surface area contributed by atoms with E-state index in [2.05, 4.69) is 15.5 Å². The molecule has 3 N–H and O–H groups in total. The van der Waals surface area contributed by atoms with Crippen LogP contribution in [0.4, 0.5) is 0 Å². The standard InChI is InChI=1S/C15H19N3O3/c19-14(20)5-3-1-2-4-8-16-15(21)11-6-7-13-12(9-11)10-17-18-13/h6-7,9-10H,1-5,8H2,(H,16,21)(H,17,18)(H,19,20). The molecule has 0 radical (unpaired) electrons. The maximum atomic E-state index is 12.0. The summed E-state index contributed by atoms with van der Waals surface area (Å²) < 4.78 is 0. The molecule has 6 heteroatoms. The number of H-pyrrole nitrogens is 1. The number of hydrogen-bond acceptors (Lipinski definition) is 3. The lowest BCUT2D eigenvalue weighted by molar-refractivity contribution is -0.137. The normalized spacial score (nSPS) is 10.7. The summed E-state index contributed by atoms with van der Waals surface area (Å²) in [7, 11) is 0. The fraction of sp³-hybridized carbons (Fsp3) is 0.400. The number of fused-ring (bicyclic) bond motifs is 1. The zero-order valence-electron chi connectivity index (χ0n) is 11.8. The van der Waals surface area contributed by atoms with Gasteiger partial charge in [-0.25, -0.2) is 0 Å². The van der Waals surface area contributed by atoms with Crippen molar-refractivity contribution in [3.05, 3.63) is 30.0 Å². The Bertz CT molecular complexity index is 621. The summed E-state index contributed by atoms with van der Waals surface area (Å²) in [6, 6.07) is 5.41. The highest BCUT2D eigenvalue weighted by Gasteiger charge is 2.06. The number of carboxylic acids is 1. The third kappa shape index (κ3) is 4.59. The van der Waals surface area contributed by atoms with Crippen LogP contribution in [-0.2, 0) is 4.79 Å². The Hall–Kier alpha value is -2.37. The van der Waals surface area contributed by atoms with Gasteiger partial charge in [0.05, 0.1) is 11.7 Å². The van der Waals surface area contributed by atoms with Gasteiger partial charge in [-0.05, 0) is 31.0 Å². The predicted octanol–water partition coefficient (Wildman–Crippen LogP) is 2.33. The molecule has 0 fully saturated rings. The molecule has 21 heavy (non-hydrogen) atoms. The van der Waals surface area contributed by atoms with Crippen LogP contribution in [0.3, 0.4) is 0 Å². The number of nitrogens with one attached hydrogen (secondary N) is 2. The van der Waals surface area contributed by atoms with Crippen molar-refractivity contribution in [1.29, 1.82) is 0 Å². The van der Waals surface area contributed by atoms with Gasteiger partial charge in [0.2, 0.25) is 0 Å². The number of carboxylic acid groups (broad SMARTS) is 1. The Balaban J connectivity index is 1.68. The van der Waals surface area contributed by atoms with E-state index in [1.54, 1.807) is 18.3 Å². The average molecular weight is 289 g/mol. The quantitative estimate of drug-likeness (QED) is 0.650. The summed E-state index contributed by atoms with van der Waals surface area (Å²) in [5.74, 6) is -0.846. The van der Waals surface area contributed by atoms with E-state index in [4.69, 9.17) is 5.11 Å². The molecule has 1 aromatic carbocycles. The molecule has 2 rings (SSSR count). The van der Waals surface area contributed by atoms with Crippen molar-refractivity contribution in [3.63, 3.8) is 0 Å². The van der Waals surface area contributed by atoms with E-state index in [0.717, 1.165) is 30.2 Å². The zero-order valence-corrected chi connectivity index (χ0v) is 11.8. The van der Waals surface area contributed by atoms with E-state index < -0.39 is 5.97 Å². The molecule has 0 saturated heterocycles. The Morgan fingerprint density at radius 3 is 2.81 bits per heavy atom. The highest BCUT2D eigenvalue weighted by Crippen LogP contribution is 2.12. The van der Waals surface area contributed by atoms with Gasteiger partial charge in [-0.3, -0.25) is 14.7 Å². The summed E-state index contributed by atoms with van der Waals surface area (Å²) in [4.78, 5) is 22.3. The van der Waals surface area contributed by atoms with Crippen molar-refractivity contribution >= 4 is 22.8 Å². The van der Waals surface area contributed by atoms with Crippen LogP contribution in [0.2, 0.25) is 0 Å². The van der Waals surface area contributed by atoms with Crippen molar-refractivity contribution in [1.82, 2.24) is 15.5 Å². The third-order valence-electron chi connectivity index (χ3n) is 3.31. The number of aromatic amines is 1. The summed E-state index contributed by atoms with van der Waals surface area (Å²) >= 11 is 0. The van der Waals surface area contributed by atoms with Gasteiger partial charge in [-0.1, -0.05) is 12.8 Å². The van der Waals surface area contributed by atoms with Crippen LogP contribution in [-0.4, -0.2) is 33.7 Å². The molecule has 0 aliphatic carbocycles. The number of hydrogen-bond donors (Lipinski definition) is 3. The molecule has 1 heterocycles. The number of benzene rings is 1. The number of rotatable bonds is 8. The highest BCUT2D eigenvalue weighted by molar-refractivity contribution is 5.97. The summed E-state index contributed by atoms with van der Waals surface area (Å²) in [6.45, 7) is 0.606. The van der Waals surface area contributed by atoms with Crippen LogP contribution >= 0.6 is 0 Å². The minimum absolute atomic E-state index is 0.0939. The lowest BCUT2D eigenvalue weighted by Crippen LogP contribution is -2.24. The smallest absolute Gasteiger partial charge is 0.303 e. The van der Waals surface area contributed by atoms with Crippen LogP contribution < -0.4 is 5.32 Å². The number of unbranched alkanes of at least 4 members (excludes halogenated alkanes) is 3. The van der Waals surface area contributed by atoms with E-state index in [1.165, 1.54) is 0 Å². The topological polar surface area (TPSA) is 95.1 Å². The number of carbonyl (C=O) groups is 2. The predicted molar refractivity (Wildman–Crippen MR) is 79.1 cm³/mol. The fourth-order valence-corrected chi connectivity index (χ4v) is 2.14. The van der Waals surface area contributed by atoms with Gasteiger partial charge in [0.15, 0.2) is 0 Å². The van der Waals surface area contributed by atoms with Crippen LogP contribution in [0, 0.1) is 0 Å². The van der Waals surface area contributed by atoms with Gasteiger partial charge in [0.25, 0.3) is 5.91 Å². The minimum atomic E-state index is -0.752. The first-order chi connectivity index (χ1) is 10.2. The molecule has 1 amide bonds. The molecule has 2 aromatic rings. The first-order valence-corrected chi connectivity index (χ1v) is 7.10. The molecular formula is C15H19N3O3. The molecule has 1 aromatic heterocycles. The Morgan fingerprint density at radius 1 is 1.19 bits per heavy atom. The maximum absolute atomic E-state index is 12.0. The SMILES string of the molecule is O=C(O)CCCCCCNC(=O)c1ccc2[nH]ncc2c1. The number of nitrogens with zero attached hydrogens (tertiary/aromatic N) is 1. The van der Waals surface area contributed by atoms with Gasteiger partial charge in [0.1, 0.15) is 0 Å². The molecule has 0 aliphatic heterocycles. The number of amides is 1. The minimum Gasteiger partial charge on any atom is -0.481 e. The second-order valence-electron chi connectivity index (χ2n) is 4.99. The molecule has 0 saturated carbocycles. The van der Waals surface area contributed by atoms with Crippen molar-refractivity contribution < 1.29 is 14.7 Å². The lowest BCUT2D eigenvalue weighted by Gasteiger charge is -2.05. The third-order valence-corrected chi connectivity index (χ3v) is 3.31. The van der Waals surface area contributed by atoms with Gasteiger partial charge in [-0.2, -0.15) is 5.10 Å².